The van der Waals surface area contributed by atoms with E-state index in [4.69, 9.17) is 0 Å². The van der Waals surface area contributed by atoms with Gasteiger partial charge in [-0.2, -0.15) is 0 Å². The topological polar surface area (TPSA) is 0 Å². The van der Waals surface area contributed by atoms with Crippen molar-refractivity contribution in [3.05, 3.63) is 130 Å². The summed E-state index contributed by atoms with van der Waals surface area (Å²) in [6, 6.07) is 33.7. The average Bonchev–Trinajstić information content (AvgIpc) is 3.59. The molecule has 0 fully saturated rings. The van der Waals surface area contributed by atoms with E-state index in [2.05, 4.69) is 146 Å². The molecule has 2 aliphatic carbocycles. The van der Waals surface area contributed by atoms with Gasteiger partial charge in [0.05, 0.1) is 0 Å². The fourth-order valence-corrected chi connectivity index (χ4v) is 52.2. The molecule has 0 amide bonds. The molecule has 0 aliphatic heterocycles. The molecule has 0 saturated carbocycles. The minimum absolute atomic E-state index is 0.574. The summed E-state index contributed by atoms with van der Waals surface area (Å²) in [5.41, 5.74) is 13.7. The van der Waals surface area contributed by atoms with Gasteiger partial charge in [-0.15, -0.1) is 0 Å². The summed E-state index contributed by atoms with van der Waals surface area (Å²) in [5.74, 6) is 0. The zero-order valence-electron chi connectivity index (χ0n) is 25.0. The number of fused-ring (bicyclic) bond motifs is 2. The van der Waals surface area contributed by atoms with Crippen molar-refractivity contribution in [3.63, 3.8) is 0 Å². The Bertz CT molecular complexity index is 1640. The van der Waals surface area contributed by atoms with Crippen LogP contribution >= 0.6 is 0 Å². The SMILES string of the molecule is CCC[Si](C)=[Hf]([CH3])([CH3])([CH]1C=Cc2c(-c3cccc(C)c3)cccc21)[CH]1C=Cc2c(-c3cccc(C)c3)cccc21. The average molecular weight is 705 g/mol. The van der Waals surface area contributed by atoms with E-state index >= 15 is 0 Å². The van der Waals surface area contributed by atoms with Crippen LogP contribution in [0.25, 0.3) is 34.4 Å². The summed E-state index contributed by atoms with van der Waals surface area (Å²) in [7, 11) is 0. The molecule has 2 aliphatic rings. The van der Waals surface area contributed by atoms with Gasteiger partial charge in [-0.05, 0) is 0 Å². The van der Waals surface area contributed by atoms with Crippen LogP contribution in [-0.2, 0) is 17.1 Å². The van der Waals surface area contributed by atoms with E-state index in [1.807, 2.05) is 0 Å². The molecule has 0 aromatic heterocycles. The second kappa shape index (κ2) is 10.4. The van der Waals surface area contributed by atoms with Gasteiger partial charge >= 0.3 is 244 Å². The Morgan fingerprint density at radius 3 is 1.52 bits per heavy atom. The predicted molar refractivity (Wildman–Crippen MR) is 175 cm³/mol. The summed E-state index contributed by atoms with van der Waals surface area (Å²) in [6.07, 6.45) is 11.6. The van der Waals surface area contributed by atoms with Gasteiger partial charge in [-0.1, -0.05) is 0 Å². The van der Waals surface area contributed by atoms with E-state index in [0.29, 0.717) is 7.35 Å². The Kier molecular flexibility index (Phi) is 7.16. The zero-order chi connectivity index (χ0) is 28.1. The third-order valence-electron chi connectivity index (χ3n) is 10.4. The molecule has 0 spiro atoms. The molecule has 2 unspecified atom stereocenters. The molecule has 0 N–H and O–H groups in total. The molecular formula is C38H42HfSi. The van der Waals surface area contributed by atoms with Crippen molar-refractivity contribution in [2.45, 2.75) is 56.5 Å². The number of hydrogen-bond acceptors (Lipinski definition) is 0. The number of benzene rings is 4. The van der Waals surface area contributed by atoms with Crippen molar-refractivity contribution < 1.29 is 17.1 Å². The summed E-state index contributed by atoms with van der Waals surface area (Å²) >= 11 is -3.74. The molecule has 4 aromatic rings. The van der Waals surface area contributed by atoms with Crippen LogP contribution in [0.1, 0.15) is 54.1 Å². The van der Waals surface area contributed by atoms with Crippen LogP contribution in [0.3, 0.4) is 0 Å². The Balaban J connectivity index is 1.54. The molecule has 2 atom stereocenters. The van der Waals surface area contributed by atoms with Crippen molar-refractivity contribution in [1.29, 1.82) is 0 Å². The molecule has 2 heteroatoms. The van der Waals surface area contributed by atoms with Crippen LogP contribution in [0.5, 0.6) is 0 Å². The Hall–Kier alpha value is -2.55. The monoisotopic (exact) mass is 706 g/mol. The first kappa shape index (κ1) is 27.6. The van der Waals surface area contributed by atoms with E-state index < -0.39 is 22.6 Å². The van der Waals surface area contributed by atoms with E-state index in [1.54, 1.807) is 11.1 Å². The third-order valence-corrected chi connectivity index (χ3v) is 68.5. The van der Waals surface area contributed by atoms with Gasteiger partial charge in [0.15, 0.2) is 0 Å². The molecule has 0 nitrogen and oxygen atoms in total. The van der Waals surface area contributed by atoms with Crippen LogP contribution in [0.15, 0.2) is 97.1 Å². The van der Waals surface area contributed by atoms with Gasteiger partial charge in [0.2, 0.25) is 0 Å². The molecular weight excluding hydrogens is 663 g/mol. The Morgan fingerprint density at radius 1 is 0.650 bits per heavy atom. The summed E-state index contributed by atoms with van der Waals surface area (Å²) in [4.78, 5) is 0. The van der Waals surface area contributed by atoms with Crippen LogP contribution in [-0.4, -0.2) is 5.49 Å². The number of allylic oxidation sites excluding steroid dienone is 2. The molecule has 202 valence electrons. The summed E-state index contributed by atoms with van der Waals surface area (Å²) < 4.78 is 6.86. The Morgan fingerprint density at radius 2 is 1.10 bits per heavy atom. The zero-order valence-corrected chi connectivity index (χ0v) is 29.6. The van der Waals surface area contributed by atoms with E-state index in [9.17, 15) is 0 Å². The van der Waals surface area contributed by atoms with Gasteiger partial charge in [0.1, 0.15) is 0 Å². The third kappa shape index (κ3) is 4.34. The summed E-state index contributed by atoms with van der Waals surface area (Å²) in [5, 5.41) is 0. The van der Waals surface area contributed by atoms with Gasteiger partial charge < -0.3 is 0 Å². The van der Waals surface area contributed by atoms with Crippen molar-refractivity contribution in [3.8, 4) is 22.3 Å². The maximum absolute atomic E-state index is 3.74. The first-order chi connectivity index (χ1) is 19.2. The number of rotatable bonds is 6. The second-order valence-electron chi connectivity index (χ2n) is 13.2. The first-order valence-electron chi connectivity index (χ1n) is 15.0. The van der Waals surface area contributed by atoms with Crippen LogP contribution in [0, 0.1) is 13.8 Å². The molecule has 0 bridgehead atoms. The van der Waals surface area contributed by atoms with E-state index in [1.165, 1.54) is 57.0 Å². The molecule has 6 rings (SSSR count). The quantitative estimate of drug-likeness (QED) is 0.175. The second-order valence-corrected chi connectivity index (χ2v) is 60.6. The Labute approximate surface area is 242 Å². The normalized spacial score (nSPS) is 17.7. The van der Waals surface area contributed by atoms with Crippen molar-refractivity contribution >= 4 is 17.6 Å². The molecule has 0 saturated heterocycles. The summed E-state index contributed by atoms with van der Waals surface area (Å²) in [6.45, 7) is 9.50. The molecule has 0 radical (unpaired) electrons. The van der Waals surface area contributed by atoms with Gasteiger partial charge in [0, 0.05) is 0 Å². The first-order valence-corrected chi connectivity index (χ1v) is 33.9. The number of hydrogen-bond donors (Lipinski definition) is 0. The van der Waals surface area contributed by atoms with Crippen molar-refractivity contribution in [2.24, 2.45) is 0 Å². The van der Waals surface area contributed by atoms with E-state index in [-0.39, 0.29) is 0 Å². The fraction of sp³-hybridized carbons (Fsp3) is 0.263. The fourth-order valence-electron chi connectivity index (χ4n) is 7.84. The standard InChI is InChI=1S/2C16H13.C4H10Si.2CH3.Hf/c2*1-12-5-2-8-14(11-12)16-10-4-7-13-6-3-9-15(13)16;1-3-4-5-2;;;/h2*2-11H,1H3;3-4H2,1-2H3;2*1H3;. The van der Waals surface area contributed by atoms with Crippen LogP contribution in [0.2, 0.25) is 22.0 Å². The maximum atomic E-state index is 2.86. The van der Waals surface area contributed by atoms with Gasteiger partial charge in [-0.3, -0.25) is 0 Å². The minimum atomic E-state index is -3.74. The van der Waals surface area contributed by atoms with Crippen LogP contribution in [0.4, 0.5) is 0 Å². The molecule has 40 heavy (non-hydrogen) atoms. The molecule has 4 aromatic carbocycles. The van der Waals surface area contributed by atoms with E-state index in [0.717, 1.165) is 0 Å². The number of aryl methyl sites for hydroxylation is 2. The van der Waals surface area contributed by atoms with Crippen LogP contribution < -0.4 is 0 Å². The predicted octanol–water partition coefficient (Wildman–Crippen LogP) is 11.3. The van der Waals surface area contributed by atoms with Gasteiger partial charge in [-0.25, -0.2) is 0 Å². The van der Waals surface area contributed by atoms with Crippen molar-refractivity contribution in [2.75, 3.05) is 0 Å². The van der Waals surface area contributed by atoms with Crippen molar-refractivity contribution in [1.82, 2.24) is 0 Å². The van der Waals surface area contributed by atoms with Gasteiger partial charge in [0.25, 0.3) is 0 Å². The molecule has 0 heterocycles.